The van der Waals surface area contributed by atoms with Gasteiger partial charge in [-0.1, -0.05) is 18.2 Å². The highest BCUT2D eigenvalue weighted by atomic mass is 79.9. The van der Waals surface area contributed by atoms with Crippen LogP contribution in [0.4, 0.5) is 5.69 Å². The van der Waals surface area contributed by atoms with E-state index < -0.39 is 17.9 Å². The van der Waals surface area contributed by atoms with Gasteiger partial charge in [-0.05, 0) is 65.3 Å². The summed E-state index contributed by atoms with van der Waals surface area (Å²) in [5, 5.41) is 5.03. The lowest BCUT2D eigenvalue weighted by Crippen LogP contribution is -2.30. The molecular weight excluding hydrogens is 464 g/mol. The molecule has 1 heterocycles. The topological polar surface area (TPSA) is 93.7 Å². The molecule has 0 saturated heterocycles. The summed E-state index contributed by atoms with van der Waals surface area (Å²) >= 11 is 3.39. The normalized spacial score (nSPS) is 13.2. The Morgan fingerprint density at radius 1 is 0.935 bits per heavy atom. The van der Waals surface area contributed by atoms with Crippen LogP contribution in [0.5, 0.6) is 17.2 Å². The van der Waals surface area contributed by atoms with E-state index in [1.165, 1.54) is 12.1 Å². The van der Waals surface area contributed by atoms with Crippen LogP contribution in [0, 0.1) is 0 Å². The summed E-state index contributed by atoms with van der Waals surface area (Å²) in [5.41, 5.74) is 1.11. The van der Waals surface area contributed by atoms with Crippen LogP contribution in [0.25, 0.3) is 0 Å². The number of benzene rings is 3. The molecule has 0 saturated carbocycles. The molecule has 0 aliphatic carbocycles. The lowest BCUT2D eigenvalue weighted by Gasteiger charge is -2.16. The predicted octanol–water partition coefficient (Wildman–Crippen LogP) is 4.53. The molecule has 0 radical (unpaired) electrons. The minimum Gasteiger partial charge on any atom is -0.480 e. The van der Waals surface area contributed by atoms with E-state index in [0.717, 1.165) is 4.47 Å². The van der Waals surface area contributed by atoms with E-state index >= 15 is 0 Å². The molecule has 1 unspecified atom stereocenters. The first kappa shape index (κ1) is 20.6. The summed E-state index contributed by atoms with van der Waals surface area (Å²) in [6, 6.07) is 18.8. The molecule has 1 atom stereocenters. The van der Waals surface area contributed by atoms with Crippen molar-refractivity contribution in [2.45, 2.75) is 13.0 Å². The first-order valence-electron chi connectivity index (χ1n) is 9.40. The van der Waals surface area contributed by atoms with Gasteiger partial charge in [0.25, 0.3) is 17.7 Å². The largest absolute Gasteiger partial charge is 0.480 e. The quantitative estimate of drug-likeness (QED) is 0.505. The Balaban J connectivity index is 1.43. The monoisotopic (exact) mass is 480 g/mol. The van der Waals surface area contributed by atoms with Crippen LogP contribution in [0.3, 0.4) is 0 Å². The zero-order chi connectivity index (χ0) is 22.0. The van der Waals surface area contributed by atoms with Gasteiger partial charge in [0.15, 0.2) is 6.10 Å². The highest BCUT2D eigenvalue weighted by molar-refractivity contribution is 9.10. The Morgan fingerprint density at radius 2 is 1.68 bits per heavy atom. The van der Waals surface area contributed by atoms with Gasteiger partial charge in [-0.25, -0.2) is 0 Å². The number of carbonyl (C=O) groups excluding carboxylic acids is 3. The summed E-state index contributed by atoms with van der Waals surface area (Å²) in [4.78, 5) is 36.0. The molecule has 31 heavy (non-hydrogen) atoms. The zero-order valence-electron chi connectivity index (χ0n) is 16.3. The smallest absolute Gasteiger partial charge is 0.265 e. The first-order chi connectivity index (χ1) is 14.9. The average Bonchev–Trinajstić information content (AvgIpc) is 3.03. The molecule has 0 fully saturated rings. The van der Waals surface area contributed by atoms with Gasteiger partial charge in [0.1, 0.15) is 17.2 Å². The number of carbonyl (C=O) groups is 3. The molecule has 0 bridgehead atoms. The van der Waals surface area contributed by atoms with Gasteiger partial charge in [0, 0.05) is 11.8 Å². The molecule has 3 aromatic carbocycles. The summed E-state index contributed by atoms with van der Waals surface area (Å²) in [7, 11) is 0. The van der Waals surface area contributed by atoms with E-state index in [1.807, 2.05) is 18.2 Å². The van der Waals surface area contributed by atoms with Crippen LogP contribution >= 0.6 is 15.9 Å². The lowest BCUT2D eigenvalue weighted by atomic mass is 10.1. The Kier molecular flexibility index (Phi) is 5.73. The third kappa shape index (κ3) is 4.59. The molecule has 3 aromatic rings. The van der Waals surface area contributed by atoms with Crippen LogP contribution < -0.4 is 20.1 Å². The number of amides is 3. The highest BCUT2D eigenvalue weighted by Gasteiger charge is 2.27. The molecule has 156 valence electrons. The van der Waals surface area contributed by atoms with Gasteiger partial charge < -0.3 is 14.8 Å². The average molecular weight is 481 g/mol. The number of anilines is 1. The zero-order valence-corrected chi connectivity index (χ0v) is 17.9. The fraction of sp³-hybridized carbons (Fsp3) is 0.0870. The van der Waals surface area contributed by atoms with E-state index in [4.69, 9.17) is 9.47 Å². The van der Waals surface area contributed by atoms with Crippen molar-refractivity contribution >= 4 is 39.3 Å². The maximum Gasteiger partial charge on any atom is 0.265 e. The number of hydrogen-bond acceptors (Lipinski definition) is 5. The van der Waals surface area contributed by atoms with Crippen molar-refractivity contribution < 1.29 is 23.9 Å². The van der Waals surface area contributed by atoms with Crippen LogP contribution in [0.15, 0.2) is 71.2 Å². The van der Waals surface area contributed by atoms with E-state index in [2.05, 4.69) is 26.6 Å². The lowest BCUT2D eigenvalue weighted by molar-refractivity contribution is -0.122. The van der Waals surface area contributed by atoms with Crippen molar-refractivity contribution in [2.75, 3.05) is 5.32 Å². The van der Waals surface area contributed by atoms with E-state index in [9.17, 15) is 14.4 Å². The maximum atomic E-state index is 12.5. The minimum atomic E-state index is -0.726. The molecule has 1 aliphatic heterocycles. The number of hydrogen-bond donors (Lipinski definition) is 2. The van der Waals surface area contributed by atoms with Crippen LogP contribution in [-0.2, 0) is 4.79 Å². The number of para-hydroxylation sites is 1. The SMILES string of the molecule is CC(Oc1ccccc1Br)C(=O)Nc1cccc(Oc2ccc3c(c2)C(=O)NC3=O)c1. The number of rotatable bonds is 6. The maximum absolute atomic E-state index is 12.5. The Morgan fingerprint density at radius 3 is 2.48 bits per heavy atom. The number of fused-ring (bicyclic) bond motifs is 1. The number of ether oxygens (including phenoxy) is 2. The van der Waals surface area contributed by atoms with Gasteiger partial charge in [0.2, 0.25) is 0 Å². The van der Waals surface area contributed by atoms with Gasteiger partial charge >= 0.3 is 0 Å². The fourth-order valence-corrected chi connectivity index (χ4v) is 3.39. The van der Waals surface area contributed by atoms with E-state index in [1.54, 1.807) is 43.3 Å². The van der Waals surface area contributed by atoms with Gasteiger partial charge in [-0.15, -0.1) is 0 Å². The van der Waals surface area contributed by atoms with Gasteiger partial charge in [0.05, 0.1) is 15.6 Å². The molecule has 2 N–H and O–H groups in total. The van der Waals surface area contributed by atoms with Crippen molar-refractivity contribution in [3.8, 4) is 17.2 Å². The third-order valence-corrected chi connectivity index (χ3v) is 5.21. The summed E-state index contributed by atoms with van der Waals surface area (Å²) in [5.74, 6) is 0.238. The van der Waals surface area contributed by atoms with Crippen LogP contribution in [0.2, 0.25) is 0 Å². The summed E-state index contributed by atoms with van der Waals surface area (Å²) in [6.07, 6.45) is -0.726. The van der Waals surface area contributed by atoms with Crippen molar-refractivity contribution in [1.82, 2.24) is 5.32 Å². The van der Waals surface area contributed by atoms with Gasteiger partial charge in [-0.2, -0.15) is 0 Å². The number of nitrogens with one attached hydrogen (secondary N) is 2. The van der Waals surface area contributed by atoms with Crippen LogP contribution in [-0.4, -0.2) is 23.8 Å². The Hall–Kier alpha value is -3.65. The minimum absolute atomic E-state index is 0.269. The number of halogens is 1. The van der Waals surface area contributed by atoms with Crippen molar-refractivity contribution in [2.24, 2.45) is 0 Å². The second-order valence-corrected chi connectivity index (χ2v) is 7.65. The van der Waals surface area contributed by atoms with Crippen molar-refractivity contribution in [3.63, 3.8) is 0 Å². The highest BCUT2D eigenvalue weighted by Crippen LogP contribution is 2.28. The summed E-state index contributed by atoms with van der Waals surface area (Å²) < 4.78 is 12.3. The van der Waals surface area contributed by atoms with Crippen LogP contribution in [0.1, 0.15) is 27.6 Å². The molecule has 3 amide bonds. The first-order valence-corrected chi connectivity index (χ1v) is 10.2. The van der Waals surface area contributed by atoms with Gasteiger partial charge in [-0.3, -0.25) is 19.7 Å². The molecule has 0 aromatic heterocycles. The van der Waals surface area contributed by atoms with E-state index in [0.29, 0.717) is 28.5 Å². The van der Waals surface area contributed by atoms with Crippen molar-refractivity contribution in [3.05, 3.63) is 82.3 Å². The molecule has 4 rings (SSSR count). The predicted molar refractivity (Wildman–Crippen MR) is 118 cm³/mol. The molecule has 7 nitrogen and oxygen atoms in total. The second kappa shape index (κ2) is 8.61. The molecule has 8 heteroatoms. The standard InChI is InChI=1S/C23H17BrN2O5/c1-13(30-20-8-3-2-7-19(20)24)21(27)25-14-5-4-6-15(11-14)31-16-9-10-17-18(12-16)23(29)26-22(17)28/h2-13H,1H3,(H,25,27)(H,26,28,29). The Labute approximate surface area is 186 Å². The fourth-order valence-electron chi connectivity index (χ4n) is 3.01. The third-order valence-electron chi connectivity index (χ3n) is 4.55. The van der Waals surface area contributed by atoms with E-state index in [-0.39, 0.29) is 11.5 Å². The summed E-state index contributed by atoms with van der Waals surface area (Å²) in [6.45, 7) is 1.66. The Bertz CT molecular complexity index is 1190. The van der Waals surface area contributed by atoms with Crippen molar-refractivity contribution in [1.29, 1.82) is 0 Å². The molecular formula is C23H17BrN2O5. The molecule has 0 spiro atoms. The second-order valence-electron chi connectivity index (χ2n) is 6.80. The number of imide groups is 1. The molecule has 1 aliphatic rings.